The first-order chi connectivity index (χ1) is 51.1. The summed E-state index contributed by atoms with van der Waals surface area (Å²) < 4.78 is 59.8. The average molecular weight is 1500 g/mol. The second-order valence-electron chi connectivity index (χ2n) is 25.8. The molecule has 106 heavy (non-hydrogen) atoms. The molecule has 3 fully saturated rings. The molecule has 0 bridgehead atoms. The number of anilines is 3. The minimum Gasteiger partial charge on any atom is -0.497 e. The van der Waals surface area contributed by atoms with Gasteiger partial charge in [0.25, 0.3) is 5.91 Å². The van der Waals surface area contributed by atoms with Gasteiger partial charge in [0.15, 0.2) is 12.6 Å². The van der Waals surface area contributed by atoms with Crippen LogP contribution in [0.2, 0.25) is 15.1 Å². The maximum Gasteiger partial charge on any atom is 0.494 e. The van der Waals surface area contributed by atoms with Crippen LogP contribution in [0, 0.1) is 0 Å². The Kier molecular flexibility index (Phi) is 29.9. The molecule has 14 rings (SSSR count). The molecular weight excluding hydrogens is 1410 g/mol. The van der Waals surface area contributed by atoms with Gasteiger partial charge in [-0.05, 0) is 182 Å². The van der Waals surface area contributed by atoms with E-state index in [-0.39, 0.29) is 53.3 Å². The largest absolute Gasteiger partial charge is 0.497 e. The smallest absolute Gasteiger partial charge is 0.494 e. The number of carbonyl (C=O) groups is 3. The van der Waals surface area contributed by atoms with Gasteiger partial charge in [0.2, 0.25) is 11.8 Å². The third kappa shape index (κ3) is 23.4. The lowest BCUT2D eigenvalue weighted by Crippen LogP contribution is -2.41. The predicted molar refractivity (Wildman–Crippen MR) is 419 cm³/mol. The molecule has 5 aliphatic heterocycles. The molecule has 5 heterocycles. The molecule has 3 saturated heterocycles. The lowest BCUT2D eigenvalue weighted by atomic mass is 9.79. The molecule has 18 nitrogen and oxygen atoms in total. The van der Waals surface area contributed by atoms with E-state index in [0.29, 0.717) is 84.6 Å². The Morgan fingerprint density at radius 3 is 1.31 bits per heavy atom. The van der Waals surface area contributed by atoms with Crippen LogP contribution in [-0.2, 0) is 57.7 Å². The number of halogens is 3. The number of hydrogen-bond acceptors (Lipinski definition) is 15. The van der Waals surface area contributed by atoms with Crippen molar-refractivity contribution in [2.75, 3.05) is 70.7 Å². The van der Waals surface area contributed by atoms with Gasteiger partial charge in [-0.1, -0.05) is 150 Å². The highest BCUT2D eigenvalue weighted by Gasteiger charge is 2.52. The minimum absolute atomic E-state index is 0.0372. The first kappa shape index (κ1) is 80.3. The van der Waals surface area contributed by atoms with Crippen molar-refractivity contribution in [1.82, 2.24) is 5.32 Å². The normalized spacial score (nSPS) is 17.7. The van der Waals surface area contributed by atoms with E-state index in [1.54, 1.807) is 58.7 Å². The second-order valence-corrected chi connectivity index (χ2v) is 27.1. The standard InChI is InChI=1S/C24H22ClNO3.C19H22BClO3.C17H16ClNO2.C11H11NO2.C7H9NO.C6H10O3/c1-28-21-10-8-20(9-11-21)26-15-19(14-24(26)27)18-7-12-22(25)23(13-18)29-16-17-5-3-2-4-6-17;1-18(2)19(3,4)24-20(23-18)15-10-11-16(21)17(12-15)22-13-14-8-6-5-7-9-14;18-15-7-6-13(14-9-17(20)19-10-14)8-16(15)21-11-12-4-2-1-3-5-12;1-14-10-6-4-9(5-7-10)12-8-2-3-11(12)13;1-9-7-4-2-6(8)3-5-7;1-7-5-3-4-6(8-2)9-5/h2-13,19H,14-16H2,1H3;5-12H,13H2,1-4H3;1-8,14H,9-11H2,(H,19,20);2-7H,8H2,1H3;2-5H,8H2,1H3;3-6H,1-2H3/t19-;;14-;;;/m0.0.../s1. The van der Waals surface area contributed by atoms with E-state index in [2.05, 4.69) is 5.32 Å². The van der Waals surface area contributed by atoms with Crippen LogP contribution in [0.3, 0.4) is 0 Å². The lowest BCUT2D eigenvalue weighted by molar-refractivity contribution is -0.173. The van der Waals surface area contributed by atoms with Crippen molar-refractivity contribution in [2.24, 2.45) is 0 Å². The number of nitrogens with one attached hydrogen (secondary N) is 1. The average Bonchev–Trinajstić information content (AvgIpc) is 1.63. The van der Waals surface area contributed by atoms with Gasteiger partial charge in [0.1, 0.15) is 54.3 Å². The summed E-state index contributed by atoms with van der Waals surface area (Å²) in [6.07, 6.45) is 7.61. The fourth-order valence-electron chi connectivity index (χ4n) is 11.2. The molecule has 9 aromatic rings. The number of nitrogens with two attached hydrogens (primary N) is 1. The molecular formula is C84H90BCl3N4O14. The zero-order valence-corrected chi connectivity index (χ0v) is 63.2. The summed E-state index contributed by atoms with van der Waals surface area (Å²) in [7, 11) is 7.64. The van der Waals surface area contributed by atoms with Crippen molar-refractivity contribution in [1.29, 1.82) is 0 Å². The van der Waals surface area contributed by atoms with Crippen molar-refractivity contribution in [3.05, 3.63) is 286 Å². The Hall–Kier alpha value is -9.80. The molecule has 9 aromatic carbocycles. The minimum atomic E-state index is -0.425. The Bertz CT molecular complexity index is 4300. The quantitative estimate of drug-likeness (QED) is 0.0440. The van der Waals surface area contributed by atoms with Crippen molar-refractivity contribution < 1.29 is 66.3 Å². The summed E-state index contributed by atoms with van der Waals surface area (Å²) in [5.41, 5.74) is 13.5. The van der Waals surface area contributed by atoms with Crippen LogP contribution in [0.15, 0.2) is 243 Å². The molecule has 0 saturated carbocycles. The summed E-state index contributed by atoms with van der Waals surface area (Å²) >= 11 is 18.8. The Morgan fingerprint density at radius 1 is 0.500 bits per heavy atom. The number of benzene rings is 9. The summed E-state index contributed by atoms with van der Waals surface area (Å²) in [6.45, 7) is 11.5. The fourth-order valence-corrected chi connectivity index (χ4v) is 11.7. The lowest BCUT2D eigenvalue weighted by Gasteiger charge is -2.32. The Balaban J connectivity index is 0.000000154. The van der Waals surface area contributed by atoms with Crippen molar-refractivity contribution in [3.8, 4) is 34.5 Å². The monoisotopic (exact) mass is 1490 g/mol. The maximum atomic E-state index is 12.6. The van der Waals surface area contributed by atoms with E-state index in [1.165, 1.54) is 0 Å². The number of nitrogens with zero attached hydrogens (tertiary/aromatic N) is 2. The van der Waals surface area contributed by atoms with Crippen LogP contribution in [0.1, 0.15) is 80.2 Å². The second kappa shape index (κ2) is 39.5. The molecule has 22 heteroatoms. The van der Waals surface area contributed by atoms with Crippen LogP contribution in [0.4, 0.5) is 17.1 Å². The highest BCUT2D eigenvalue weighted by Crippen LogP contribution is 2.39. The zero-order valence-electron chi connectivity index (χ0n) is 61.0. The third-order valence-electron chi connectivity index (χ3n) is 18.0. The highest BCUT2D eigenvalue weighted by molar-refractivity contribution is 6.62. The van der Waals surface area contributed by atoms with Crippen molar-refractivity contribution in [3.63, 3.8) is 0 Å². The van der Waals surface area contributed by atoms with Gasteiger partial charge in [0.05, 0.1) is 47.6 Å². The molecule has 2 unspecified atom stereocenters. The number of ether oxygens (including phenoxy) is 9. The summed E-state index contributed by atoms with van der Waals surface area (Å²) in [5, 5.41) is 4.58. The molecule has 0 radical (unpaired) electrons. The number of nitrogen functional groups attached to an aromatic ring is 1. The maximum absolute atomic E-state index is 12.6. The van der Waals surface area contributed by atoms with Crippen molar-refractivity contribution >= 4 is 82.2 Å². The molecule has 3 amide bonds. The fraction of sp³-hybridized carbons (Fsp3) is 0.274. The van der Waals surface area contributed by atoms with Gasteiger partial charge in [0, 0.05) is 81.7 Å². The molecule has 3 N–H and O–H groups in total. The molecule has 0 aromatic heterocycles. The molecule has 0 aliphatic carbocycles. The van der Waals surface area contributed by atoms with E-state index in [9.17, 15) is 14.4 Å². The molecule has 5 aliphatic rings. The highest BCUT2D eigenvalue weighted by atomic mass is 35.5. The number of methoxy groups -OCH3 is 5. The summed E-state index contributed by atoms with van der Waals surface area (Å²) in [4.78, 5) is 38.8. The van der Waals surface area contributed by atoms with E-state index in [4.69, 9.17) is 92.5 Å². The first-order valence-electron chi connectivity index (χ1n) is 34.5. The topological polar surface area (TPSA) is 197 Å². The van der Waals surface area contributed by atoms with Crippen LogP contribution >= 0.6 is 34.8 Å². The van der Waals surface area contributed by atoms with Gasteiger partial charge in [-0.2, -0.15) is 0 Å². The predicted octanol–water partition coefficient (Wildman–Crippen LogP) is 16.6. The van der Waals surface area contributed by atoms with E-state index in [1.807, 2.05) is 257 Å². The number of hydrogen-bond donors (Lipinski definition) is 2. The van der Waals surface area contributed by atoms with Gasteiger partial charge in [-0.25, -0.2) is 0 Å². The number of amides is 3. The van der Waals surface area contributed by atoms with Gasteiger partial charge in [-0.15, -0.1) is 0 Å². The molecule has 0 spiro atoms. The third-order valence-corrected chi connectivity index (χ3v) is 18.9. The van der Waals surface area contributed by atoms with E-state index >= 15 is 0 Å². The van der Waals surface area contributed by atoms with Crippen LogP contribution in [0.5, 0.6) is 34.5 Å². The number of carbonyl (C=O) groups excluding carboxylic acids is 3. The number of rotatable bonds is 19. The Labute approximate surface area is 636 Å². The summed E-state index contributed by atoms with van der Waals surface area (Å²) in [6, 6.07) is 69.3. The van der Waals surface area contributed by atoms with Crippen LogP contribution in [-0.4, -0.2) is 104 Å². The van der Waals surface area contributed by atoms with Crippen LogP contribution < -0.4 is 54.7 Å². The van der Waals surface area contributed by atoms with Crippen molar-refractivity contribution in [2.45, 2.75) is 96.0 Å². The molecule has 4 atom stereocenters. The molecule has 554 valence electrons. The van der Waals surface area contributed by atoms with Gasteiger partial charge in [-0.3, -0.25) is 14.4 Å². The van der Waals surface area contributed by atoms with E-state index in [0.717, 1.165) is 67.6 Å². The summed E-state index contributed by atoms with van der Waals surface area (Å²) in [5.74, 6) is 4.90. The zero-order chi connectivity index (χ0) is 75.6. The van der Waals surface area contributed by atoms with Gasteiger partial charge >= 0.3 is 7.12 Å². The van der Waals surface area contributed by atoms with Crippen LogP contribution in [0.25, 0.3) is 0 Å². The van der Waals surface area contributed by atoms with E-state index < -0.39 is 7.12 Å². The Morgan fingerprint density at radius 2 is 0.915 bits per heavy atom. The first-order valence-corrected chi connectivity index (χ1v) is 35.6. The van der Waals surface area contributed by atoms with Gasteiger partial charge < -0.3 is 72.8 Å². The SMILES string of the molecule is CC1(C)OB(c2ccc(Cl)c(OCc3ccccc3)c2)OC1(C)C.COC1C=CC(OC)O1.COc1ccc(N)cc1.COc1ccc(N2CC=CC2=O)cc1.COc1ccc(N2C[C@@H](c3ccc(Cl)c(OCc4ccccc4)c3)CC2=O)cc1.O=C1C[C@H](c2ccc(Cl)c(OCc3ccccc3)c2)CN1.